The molecule has 0 aliphatic carbocycles. The van der Waals surface area contributed by atoms with Gasteiger partial charge in [0, 0.05) is 32.4 Å². The minimum absolute atomic E-state index is 0.0838. The van der Waals surface area contributed by atoms with Gasteiger partial charge >= 0.3 is 0 Å². The van der Waals surface area contributed by atoms with Crippen molar-refractivity contribution in [3.8, 4) is 0 Å². The molecule has 0 bridgehead atoms. The number of fused-ring (bicyclic) bond motifs is 2. The molecule has 3 aromatic heterocycles. The summed E-state index contributed by atoms with van der Waals surface area (Å²) in [6.45, 7) is 2.97. The fourth-order valence-corrected chi connectivity index (χ4v) is 3.21. The molecule has 0 aromatic carbocycles. The molecule has 0 N–H and O–H groups in total. The van der Waals surface area contributed by atoms with E-state index >= 15 is 0 Å². The lowest BCUT2D eigenvalue weighted by molar-refractivity contribution is 0.0723. The average molecular weight is 337 g/mol. The molecule has 8 heteroatoms. The lowest BCUT2D eigenvalue weighted by atomic mass is 10.0. The first-order valence-electron chi connectivity index (χ1n) is 8.16. The highest BCUT2D eigenvalue weighted by Crippen LogP contribution is 2.26. The number of amides is 1. The Bertz CT molecular complexity index is 963. The van der Waals surface area contributed by atoms with Crippen molar-refractivity contribution in [3.63, 3.8) is 0 Å². The smallest absolute Gasteiger partial charge is 0.274 e. The standard InChI is InChI=1S/C17H19N7O/c1-11-20-13-10-23(8-6-12(13)16(21-11)22(2)3)17(25)14-9-18-15-5-4-7-19-24(14)15/h4-5,7,9H,6,8,10H2,1-3H3. The van der Waals surface area contributed by atoms with Crippen LogP contribution >= 0.6 is 0 Å². The van der Waals surface area contributed by atoms with Crippen molar-refractivity contribution < 1.29 is 4.79 Å². The van der Waals surface area contributed by atoms with Crippen molar-refractivity contribution >= 4 is 17.4 Å². The van der Waals surface area contributed by atoms with E-state index in [-0.39, 0.29) is 5.91 Å². The Balaban J connectivity index is 1.67. The van der Waals surface area contributed by atoms with Crippen molar-refractivity contribution in [2.75, 3.05) is 25.5 Å². The maximum atomic E-state index is 13.0. The van der Waals surface area contributed by atoms with Crippen LogP contribution in [0.15, 0.2) is 24.5 Å². The highest BCUT2D eigenvalue weighted by atomic mass is 16.2. The van der Waals surface area contributed by atoms with Gasteiger partial charge in [0.1, 0.15) is 11.6 Å². The number of carbonyl (C=O) groups is 1. The Hall–Kier alpha value is -3.03. The van der Waals surface area contributed by atoms with Gasteiger partial charge in [0.25, 0.3) is 5.91 Å². The second kappa shape index (κ2) is 5.80. The lowest BCUT2D eigenvalue weighted by Gasteiger charge is -2.30. The summed E-state index contributed by atoms with van der Waals surface area (Å²) < 4.78 is 1.58. The summed E-state index contributed by atoms with van der Waals surface area (Å²) in [6, 6.07) is 3.63. The molecule has 4 rings (SSSR count). The van der Waals surface area contributed by atoms with Crippen LogP contribution in [0.1, 0.15) is 27.6 Å². The van der Waals surface area contributed by atoms with Gasteiger partial charge in [-0.25, -0.2) is 19.5 Å². The summed E-state index contributed by atoms with van der Waals surface area (Å²) in [7, 11) is 3.95. The third kappa shape index (κ3) is 2.59. The largest absolute Gasteiger partial charge is 0.362 e. The Morgan fingerprint density at radius 3 is 2.92 bits per heavy atom. The van der Waals surface area contributed by atoms with Gasteiger partial charge in [-0.3, -0.25) is 4.79 Å². The van der Waals surface area contributed by atoms with E-state index in [1.54, 1.807) is 27.9 Å². The van der Waals surface area contributed by atoms with Crippen LogP contribution in [-0.2, 0) is 13.0 Å². The maximum absolute atomic E-state index is 13.0. The highest BCUT2D eigenvalue weighted by molar-refractivity contribution is 5.93. The molecule has 1 aliphatic heterocycles. The Morgan fingerprint density at radius 2 is 2.12 bits per heavy atom. The van der Waals surface area contributed by atoms with Crippen molar-refractivity contribution in [2.45, 2.75) is 19.9 Å². The van der Waals surface area contributed by atoms with Gasteiger partial charge in [0.2, 0.25) is 0 Å². The van der Waals surface area contributed by atoms with Crippen LogP contribution in [0.3, 0.4) is 0 Å². The second-order valence-corrected chi connectivity index (χ2v) is 6.33. The lowest BCUT2D eigenvalue weighted by Crippen LogP contribution is -2.38. The molecule has 0 saturated heterocycles. The topological polar surface area (TPSA) is 79.5 Å². The third-order valence-electron chi connectivity index (χ3n) is 4.36. The van der Waals surface area contributed by atoms with Gasteiger partial charge in [0.05, 0.1) is 18.4 Å². The molecule has 4 heterocycles. The molecular weight excluding hydrogens is 318 g/mol. The van der Waals surface area contributed by atoms with Crippen LogP contribution in [0.2, 0.25) is 0 Å². The van der Waals surface area contributed by atoms with Crippen LogP contribution in [0.5, 0.6) is 0 Å². The van der Waals surface area contributed by atoms with Crippen LogP contribution in [0.25, 0.3) is 5.65 Å². The number of anilines is 1. The van der Waals surface area contributed by atoms with E-state index < -0.39 is 0 Å². The van der Waals surface area contributed by atoms with E-state index in [2.05, 4.69) is 20.1 Å². The summed E-state index contributed by atoms with van der Waals surface area (Å²) in [5, 5.41) is 4.23. The SMILES string of the molecule is Cc1nc2c(c(N(C)C)n1)CCN(C(=O)c1cnc3cccnn13)C2. The zero-order valence-electron chi connectivity index (χ0n) is 14.5. The molecule has 0 radical (unpaired) electrons. The van der Waals surface area contributed by atoms with E-state index in [1.807, 2.05) is 32.0 Å². The summed E-state index contributed by atoms with van der Waals surface area (Å²) in [6.07, 6.45) is 3.96. The first-order chi connectivity index (χ1) is 12.0. The molecule has 0 spiro atoms. The molecule has 0 fully saturated rings. The molecule has 3 aromatic rings. The highest BCUT2D eigenvalue weighted by Gasteiger charge is 2.27. The average Bonchev–Trinajstić information content (AvgIpc) is 3.03. The first kappa shape index (κ1) is 15.5. The molecule has 8 nitrogen and oxygen atoms in total. The molecule has 0 saturated carbocycles. The van der Waals surface area contributed by atoms with Gasteiger partial charge in [0.15, 0.2) is 11.3 Å². The monoisotopic (exact) mass is 337 g/mol. The molecular formula is C17H19N7O. The summed E-state index contributed by atoms with van der Waals surface area (Å²) in [5.41, 5.74) is 3.17. The fraction of sp³-hybridized carbons (Fsp3) is 0.353. The second-order valence-electron chi connectivity index (χ2n) is 6.33. The minimum Gasteiger partial charge on any atom is -0.362 e. The van der Waals surface area contributed by atoms with Gasteiger partial charge in [-0.15, -0.1) is 0 Å². The van der Waals surface area contributed by atoms with Gasteiger partial charge in [-0.1, -0.05) is 0 Å². The number of aryl methyl sites for hydroxylation is 1. The molecule has 1 amide bonds. The van der Waals surface area contributed by atoms with Crippen molar-refractivity contribution in [1.29, 1.82) is 0 Å². The van der Waals surface area contributed by atoms with E-state index in [1.165, 1.54) is 0 Å². The number of aromatic nitrogens is 5. The molecule has 1 aliphatic rings. The van der Waals surface area contributed by atoms with Gasteiger partial charge in [-0.2, -0.15) is 5.10 Å². The van der Waals surface area contributed by atoms with Crippen LogP contribution < -0.4 is 4.90 Å². The Labute approximate surface area is 145 Å². The molecule has 128 valence electrons. The van der Waals surface area contributed by atoms with E-state index in [9.17, 15) is 4.79 Å². The van der Waals surface area contributed by atoms with Gasteiger partial charge in [-0.05, 0) is 25.5 Å². The van der Waals surface area contributed by atoms with Crippen LogP contribution in [0, 0.1) is 6.92 Å². The third-order valence-corrected chi connectivity index (χ3v) is 4.36. The number of hydrogen-bond donors (Lipinski definition) is 0. The molecule has 0 unspecified atom stereocenters. The number of imidazole rings is 1. The summed E-state index contributed by atoms with van der Waals surface area (Å²) in [4.78, 5) is 30.1. The number of nitrogens with zero attached hydrogens (tertiary/aromatic N) is 7. The van der Waals surface area contributed by atoms with Crippen molar-refractivity contribution in [3.05, 3.63) is 47.3 Å². The van der Waals surface area contributed by atoms with Crippen molar-refractivity contribution in [2.24, 2.45) is 0 Å². The zero-order valence-corrected chi connectivity index (χ0v) is 14.5. The molecule has 25 heavy (non-hydrogen) atoms. The van der Waals surface area contributed by atoms with Crippen molar-refractivity contribution in [1.82, 2.24) is 29.5 Å². The van der Waals surface area contributed by atoms with E-state index in [0.717, 1.165) is 23.5 Å². The summed E-state index contributed by atoms with van der Waals surface area (Å²) >= 11 is 0. The first-order valence-corrected chi connectivity index (χ1v) is 8.16. The Kier molecular flexibility index (Phi) is 3.60. The van der Waals surface area contributed by atoms with Crippen LogP contribution in [0.4, 0.5) is 5.82 Å². The summed E-state index contributed by atoms with van der Waals surface area (Å²) in [5.74, 6) is 1.57. The Morgan fingerprint density at radius 1 is 1.28 bits per heavy atom. The van der Waals surface area contributed by atoms with Crippen LogP contribution in [-0.4, -0.2) is 56.0 Å². The predicted octanol–water partition coefficient (Wildman–Crippen LogP) is 1.09. The normalized spacial score (nSPS) is 13.8. The quantitative estimate of drug-likeness (QED) is 0.696. The zero-order chi connectivity index (χ0) is 17.6. The van der Waals surface area contributed by atoms with Gasteiger partial charge < -0.3 is 9.80 Å². The number of carbonyl (C=O) groups excluding carboxylic acids is 1. The number of rotatable bonds is 2. The molecule has 0 atom stereocenters. The maximum Gasteiger partial charge on any atom is 0.274 e. The minimum atomic E-state index is -0.0838. The van der Waals surface area contributed by atoms with E-state index in [4.69, 9.17) is 0 Å². The van der Waals surface area contributed by atoms with E-state index in [0.29, 0.717) is 30.3 Å². The predicted molar refractivity (Wildman–Crippen MR) is 92.5 cm³/mol. The number of hydrogen-bond acceptors (Lipinski definition) is 6. The fourth-order valence-electron chi connectivity index (χ4n) is 3.21.